The van der Waals surface area contributed by atoms with E-state index in [1.807, 2.05) is 146 Å². The van der Waals surface area contributed by atoms with Crippen molar-refractivity contribution in [2.75, 3.05) is 0 Å². The standard InChI is InChI=1S/2C24H18N.2C15H10N.C13H8NS.4C5H8O2.5Ir/c1-24(2)20-9-5-4-8-18(20)19-13-11-17(15-21(19)24)23-14-12-16-7-3-6-10-22(16)25-23;1-24(2)21-10-6-5-9-19(21)20-12-11-17(15-22(20)24)23-18-8-4-3-7-16(18)13-14-25-23;2*1-2-6-12(7-3-1)15-11-10-13-8-4-5-9-14(13)16-15;1-2-7-12-10(5-1)9-13(15-12)11-6-3-4-8-14-11;4*1-4(6)3-5(2)7;;;;;/h2*3-10,12-15H,1-2H3;2*1-6,8-11H;1-8H;4*3,6H,1-2H3;;;;;/q5*-1;;;;;;;;;. The number of thiophene rings is 1. The van der Waals surface area contributed by atoms with E-state index in [0.717, 1.165) is 72.2 Å². The Morgan fingerprint density at radius 1 is 0.323 bits per heavy atom. The number of ketones is 4. The van der Waals surface area contributed by atoms with E-state index >= 15 is 0 Å². The fraction of sp³-hybridized carbons (Fsp3) is 0.126. The number of fused-ring (bicyclic) bond motifs is 11. The molecule has 6 heterocycles. The number of hydrogen-bond acceptors (Lipinski definition) is 14. The maximum atomic E-state index is 10.0. The van der Waals surface area contributed by atoms with Gasteiger partial charge in [0.05, 0.1) is 39.6 Å². The number of para-hydroxylation sites is 3. The summed E-state index contributed by atoms with van der Waals surface area (Å²) in [5.74, 6) is -0.250. The smallest absolute Gasteiger partial charge is 0.155 e. The molecule has 19 rings (SSSR count). The van der Waals surface area contributed by atoms with Gasteiger partial charge in [0.2, 0.25) is 0 Å². The predicted octanol–water partition coefficient (Wildman–Crippen LogP) is 27.3. The summed E-state index contributed by atoms with van der Waals surface area (Å²) >= 11 is 1.73. The molecule has 2 aliphatic rings. The number of nitrogens with zero attached hydrogens (tertiary/aromatic N) is 5. The van der Waals surface area contributed by atoms with Crippen LogP contribution in [-0.2, 0) is 131 Å². The van der Waals surface area contributed by atoms with Crippen molar-refractivity contribution in [3.8, 4) is 77.9 Å². The number of aliphatic hydroxyl groups excluding tert-OH is 4. The molecule has 4 N–H and O–H groups in total. The maximum Gasteiger partial charge on any atom is 0.155 e. The molecular formula is C111H96Ir5N5O8S-5. The third kappa shape index (κ3) is 29.6. The van der Waals surface area contributed by atoms with Crippen molar-refractivity contribution in [1.82, 2.24) is 24.9 Å². The van der Waals surface area contributed by atoms with Crippen LogP contribution in [0.25, 0.3) is 131 Å². The SMILES string of the molecule is CC(=O)C=C(C)O.CC(=O)C=C(C)O.CC(=O)C=C(C)O.CC(=O)C=C(C)O.CC1(C)c2ccccc2-c2c[c-]c(-c3ccc4ccccc4n3)cc21.CC1(C)c2ccccc2-c2c[c-]c(-c3nccc4ccccc34)cc21.[Ir].[Ir].[Ir].[Ir].[Ir].[c-]1c(-c2ccccn2)sc2ccccc12.[c-]1ccccc1-c1ccc2ccccc2n1.[c-]1ccccc1-c1ccc2ccccc2n1. The monoisotopic (exact) mass is 2620 g/mol. The van der Waals surface area contributed by atoms with Crippen LogP contribution in [-0.4, -0.2) is 68.5 Å². The van der Waals surface area contributed by atoms with Gasteiger partial charge >= 0.3 is 0 Å². The van der Waals surface area contributed by atoms with Crippen molar-refractivity contribution in [1.29, 1.82) is 0 Å². The van der Waals surface area contributed by atoms with Crippen molar-refractivity contribution in [3.63, 3.8) is 0 Å². The van der Waals surface area contributed by atoms with Gasteiger partial charge in [-0.25, -0.2) is 11.3 Å². The molecule has 0 atom stereocenters. The Morgan fingerprint density at radius 2 is 0.692 bits per heavy atom. The second kappa shape index (κ2) is 51.6. The van der Waals surface area contributed by atoms with Gasteiger partial charge in [0.1, 0.15) is 0 Å². The number of carbonyl (C=O) groups excluding carboxylic acids is 4. The molecule has 11 aromatic carbocycles. The Morgan fingerprint density at radius 3 is 1.09 bits per heavy atom. The molecule has 0 saturated carbocycles. The number of rotatable bonds is 9. The minimum absolute atomic E-state index is 0. The average molecular weight is 2620 g/mol. The van der Waals surface area contributed by atoms with E-state index in [9.17, 15) is 19.2 Å². The minimum Gasteiger partial charge on any atom is -0.512 e. The fourth-order valence-corrected chi connectivity index (χ4v) is 15.3. The first-order valence-electron chi connectivity index (χ1n) is 40.6. The van der Waals surface area contributed by atoms with Crippen LogP contribution >= 0.6 is 11.3 Å². The van der Waals surface area contributed by atoms with Crippen molar-refractivity contribution < 1.29 is 140 Å². The molecule has 0 amide bonds. The molecule has 13 nitrogen and oxygen atoms in total. The minimum atomic E-state index is -0.125. The van der Waals surface area contributed by atoms with E-state index < -0.39 is 0 Å². The normalized spacial score (nSPS) is 11.8. The van der Waals surface area contributed by atoms with E-state index in [1.54, 1.807) is 11.3 Å². The molecule has 130 heavy (non-hydrogen) atoms. The van der Waals surface area contributed by atoms with Crippen LogP contribution in [0.15, 0.2) is 363 Å². The topological polar surface area (TPSA) is 214 Å². The molecule has 19 heteroatoms. The van der Waals surface area contributed by atoms with Gasteiger partial charge < -0.3 is 30.4 Å². The third-order valence-corrected chi connectivity index (χ3v) is 21.0. The van der Waals surface area contributed by atoms with Crippen LogP contribution in [0.1, 0.15) is 105 Å². The summed E-state index contributed by atoms with van der Waals surface area (Å²) in [6, 6.07) is 120. The van der Waals surface area contributed by atoms with E-state index in [-0.39, 0.29) is 158 Å². The van der Waals surface area contributed by atoms with Crippen molar-refractivity contribution >= 4 is 88.0 Å². The second-order valence-electron chi connectivity index (χ2n) is 30.6. The van der Waals surface area contributed by atoms with Crippen LogP contribution in [0.4, 0.5) is 0 Å². The van der Waals surface area contributed by atoms with E-state index in [1.165, 1.54) is 161 Å². The molecule has 5 radical (unpaired) electrons. The summed E-state index contributed by atoms with van der Waals surface area (Å²) in [5, 5.41) is 40.5. The van der Waals surface area contributed by atoms with Gasteiger partial charge in [-0.1, -0.05) is 238 Å². The van der Waals surface area contributed by atoms with Crippen molar-refractivity contribution in [2.45, 2.75) is 93.9 Å². The average Bonchev–Trinajstić information content (AvgIpc) is 1.57. The number of hydrogen-bond donors (Lipinski definition) is 4. The van der Waals surface area contributed by atoms with Gasteiger partial charge in [-0.05, 0) is 167 Å². The molecule has 0 aliphatic heterocycles. The Bertz CT molecular complexity index is 6530. The summed E-state index contributed by atoms with van der Waals surface area (Å²) in [7, 11) is 0. The van der Waals surface area contributed by atoms with Gasteiger partial charge in [-0.15, -0.1) is 154 Å². The Balaban J connectivity index is 0.000000234. The van der Waals surface area contributed by atoms with E-state index in [0.29, 0.717) is 0 Å². The summed E-state index contributed by atoms with van der Waals surface area (Å²) in [4.78, 5) is 64.2. The zero-order chi connectivity index (χ0) is 89.2. The number of aliphatic hydroxyl groups is 4. The molecule has 2 aliphatic carbocycles. The van der Waals surface area contributed by atoms with Gasteiger partial charge in [0, 0.05) is 143 Å². The molecule has 6 aromatic heterocycles. The van der Waals surface area contributed by atoms with Gasteiger partial charge in [0.15, 0.2) is 23.1 Å². The van der Waals surface area contributed by atoms with Crippen LogP contribution < -0.4 is 0 Å². The first kappa shape index (κ1) is 107. The quantitative estimate of drug-likeness (QED) is 0.0602. The molecule has 0 bridgehead atoms. The maximum absolute atomic E-state index is 10.0. The summed E-state index contributed by atoms with van der Waals surface area (Å²) < 4.78 is 1.26. The van der Waals surface area contributed by atoms with Crippen LogP contribution in [0.5, 0.6) is 0 Å². The van der Waals surface area contributed by atoms with Gasteiger partial charge in [-0.3, -0.25) is 34.1 Å². The van der Waals surface area contributed by atoms with Crippen molar-refractivity contribution in [3.05, 3.63) is 416 Å². The molecule has 0 saturated heterocycles. The van der Waals surface area contributed by atoms with Crippen LogP contribution in [0.2, 0.25) is 0 Å². The summed E-state index contributed by atoms with van der Waals surface area (Å²) in [6.45, 7) is 20.6. The largest absolute Gasteiger partial charge is 0.512 e. The van der Waals surface area contributed by atoms with Crippen LogP contribution in [0, 0.1) is 30.3 Å². The Kier molecular flexibility index (Phi) is 42.5. The molecular weight excluding hydrogens is 2520 g/mol. The van der Waals surface area contributed by atoms with Gasteiger partial charge in [-0.2, -0.15) is 0 Å². The number of allylic oxidation sites excluding steroid dienone is 8. The van der Waals surface area contributed by atoms with E-state index in [2.05, 4.69) is 248 Å². The molecule has 0 fully saturated rings. The Hall–Kier alpha value is -11.7. The molecule has 0 spiro atoms. The third-order valence-electron chi connectivity index (χ3n) is 19.9. The zero-order valence-electron chi connectivity index (χ0n) is 73.6. The molecule has 669 valence electrons. The first-order valence-corrected chi connectivity index (χ1v) is 41.4. The number of pyridine rings is 5. The molecule has 17 aromatic rings. The zero-order valence-corrected chi connectivity index (χ0v) is 86.4. The summed E-state index contributed by atoms with van der Waals surface area (Å²) in [6.07, 6.45) is 8.37. The number of aromatic nitrogens is 5. The second-order valence-corrected chi connectivity index (χ2v) is 31.7. The number of carbonyl (C=O) groups is 4. The Labute approximate surface area is 832 Å². The van der Waals surface area contributed by atoms with Crippen molar-refractivity contribution in [2.24, 2.45) is 0 Å². The first-order chi connectivity index (χ1) is 60.1. The summed E-state index contributed by atoms with van der Waals surface area (Å²) in [5.41, 5.74) is 23.0. The fourth-order valence-electron chi connectivity index (χ4n) is 14.4. The van der Waals surface area contributed by atoms with Crippen LogP contribution in [0.3, 0.4) is 0 Å². The number of benzene rings is 11. The van der Waals surface area contributed by atoms with Gasteiger partial charge in [0.25, 0.3) is 0 Å². The predicted molar refractivity (Wildman–Crippen MR) is 511 cm³/mol. The van der Waals surface area contributed by atoms with E-state index in [4.69, 9.17) is 25.4 Å². The molecule has 0 unspecified atom stereocenters.